The summed E-state index contributed by atoms with van der Waals surface area (Å²) in [6, 6.07) is 5.44. The number of anilines is 3. The van der Waals surface area contributed by atoms with E-state index in [1.807, 2.05) is 13.8 Å². The van der Waals surface area contributed by atoms with Crippen molar-refractivity contribution in [2.75, 3.05) is 23.3 Å². The molecule has 1 aromatic carbocycles. The maximum absolute atomic E-state index is 13.2. The highest BCUT2D eigenvalue weighted by atomic mass is 19.2. The van der Waals surface area contributed by atoms with Gasteiger partial charge < -0.3 is 10.2 Å². The monoisotopic (exact) mass is 292 g/mol. The van der Waals surface area contributed by atoms with Crippen molar-refractivity contribution in [2.24, 2.45) is 0 Å². The van der Waals surface area contributed by atoms with Gasteiger partial charge in [0.2, 0.25) is 0 Å². The molecule has 0 aliphatic heterocycles. The summed E-state index contributed by atoms with van der Waals surface area (Å²) in [4.78, 5) is 10.7. The van der Waals surface area contributed by atoms with Gasteiger partial charge in [0.25, 0.3) is 0 Å². The van der Waals surface area contributed by atoms with Crippen molar-refractivity contribution in [2.45, 2.75) is 20.8 Å². The van der Waals surface area contributed by atoms with Gasteiger partial charge in [0.1, 0.15) is 17.5 Å². The highest BCUT2D eigenvalue weighted by molar-refractivity contribution is 5.59. The van der Waals surface area contributed by atoms with E-state index < -0.39 is 11.6 Å². The molecule has 1 N–H and O–H groups in total. The molecular weight excluding hydrogens is 274 g/mol. The van der Waals surface area contributed by atoms with Crippen LogP contribution in [-0.4, -0.2) is 23.1 Å². The van der Waals surface area contributed by atoms with E-state index in [-0.39, 0.29) is 0 Å². The first-order valence-electron chi connectivity index (χ1n) is 6.86. The Kier molecular flexibility index (Phi) is 4.67. The number of nitrogens with zero attached hydrogens (tertiary/aromatic N) is 3. The van der Waals surface area contributed by atoms with E-state index in [0.717, 1.165) is 31.0 Å². The minimum absolute atomic E-state index is 0.442. The molecule has 2 rings (SSSR count). The fraction of sp³-hybridized carbons (Fsp3) is 0.333. The summed E-state index contributed by atoms with van der Waals surface area (Å²) in [5.74, 6) is 0.204. The maximum atomic E-state index is 13.2. The lowest BCUT2D eigenvalue weighted by atomic mass is 10.3. The van der Waals surface area contributed by atoms with Crippen LogP contribution in [0, 0.1) is 18.6 Å². The number of rotatable bonds is 5. The fourth-order valence-electron chi connectivity index (χ4n) is 2.05. The van der Waals surface area contributed by atoms with Gasteiger partial charge in [-0.25, -0.2) is 18.7 Å². The first-order valence-corrected chi connectivity index (χ1v) is 6.86. The molecule has 21 heavy (non-hydrogen) atoms. The van der Waals surface area contributed by atoms with Crippen LogP contribution in [0.5, 0.6) is 0 Å². The lowest BCUT2D eigenvalue weighted by Gasteiger charge is -2.20. The van der Waals surface area contributed by atoms with Gasteiger partial charge in [0.15, 0.2) is 11.6 Å². The Bertz CT molecular complexity index is 627. The van der Waals surface area contributed by atoms with Crippen molar-refractivity contribution in [1.82, 2.24) is 9.97 Å². The summed E-state index contributed by atoms with van der Waals surface area (Å²) >= 11 is 0. The number of benzene rings is 1. The standard InChI is InChI=1S/C15H18F2N4/c1-4-21(5-2)15-9-14(18-10(3)19-15)20-11-6-7-12(16)13(17)8-11/h6-9H,4-5H2,1-3H3,(H,18,19,20). The second-order valence-corrected chi connectivity index (χ2v) is 4.58. The van der Waals surface area contributed by atoms with Crippen LogP contribution >= 0.6 is 0 Å². The van der Waals surface area contributed by atoms with Gasteiger partial charge in [-0.2, -0.15) is 0 Å². The van der Waals surface area contributed by atoms with E-state index in [0.29, 0.717) is 17.3 Å². The van der Waals surface area contributed by atoms with E-state index in [2.05, 4.69) is 20.2 Å². The molecule has 4 nitrogen and oxygen atoms in total. The zero-order valence-corrected chi connectivity index (χ0v) is 12.3. The summed E-state index contributed by atoms with van der Waals surface area (Å²) in [6.45, 7) is 7.55. The fourth-order valence-corrected chi connectivity index (χ4v) is 2.05. The molecule has 2 aromatic rings. The number of hydrogen-bond acceptors (Lipinski definition) is 4. The van der Waals surface area contributed by atoms with E-state index in [9.17, 15) is 8.78 Å². The van der Waals surface area contributed by atoms with Crippen molar-refractivity contribution in [3.63, 3.8) is 0 Å². The SMILES string of the molecule is CCN(CC)c1cc(Nc2ccc(F)c(F)c2)nc(C)n1. The third-order valence-electron chi connectivity index (χ3n) is 3.10. The van der Waals surface area contributed by atoms with Crippen molar-refractivity contribution in [1.29, 1.82) is 0 Å². The summed E-state index contributed by atoms with van der Waals surface area (Å²) in [6.07, 6.45) is 0. The summed E-state index contributed by atoms with van der Waals surface area (Å²) in [5, 5.41) is 2.97. The summed E-state index contributed by atoms with van der Waals surface area (Å²) < 4.78 is 26.2. The van der Waals surface area contributed by atoms with E-state index in [4.69, 9.17) is 0 Å². The normalized spacial score (nSPS) is 10.5. The molecule has 0 bridgehead atoms. The van der Waals surface area contributed by atoms with Crippen molar-refractivity contribution < 1.29 is 8.78 Å². The Morgan fingerprint density at radius 2 is 1.76 bits per heavy atom. The van der Waals surface area contributed by atoms with Gasteiger partial charge in [-0.1, -0.05) is 0 Å². The lowest BCUT2D eigenvalue weighted by Crippen LogP contribution is -2.23. The number of halogens is 2. The third kappa shape index (κ3) is 3.65. The van der Waals surface area contributed by atoms with Gasteiger partial charge in [-0.15, -0.1) is 0 Å². The average molecular weight is 292 g/mol. The molecule has 0 saturated heterocycles. The number of aromatic nitrogens is 2. The van der Waals surface area contributed by atoms with Crippen molar-refractivity contribution >= 4 is 17.3 Å². The molecule has 0 amide bonds. The molecule has 6 heteroatoms. The van der Waals surface area contributed by atoms with Gasteiger partial charge in [-0.05, 0) is 32.9 Å². The first-order chi connectivity index (χ1) is 10.0. The molecule has 0 fully saturated rings. The number of nitrogens with one attached hydrogen (secondary N) is 1. The van der Waals surface area contributed by atoms with Crippen LogP contribution in [0.2, 0.25) is 0 Å². The van der Waals surface area contributed by atoms with E-state index in [1.165, 1.54) is 6.07 Å². The smallest absolute Gasteiger partial charge is 0.160 e. The second kappa shape index (κ2) is 6.47. The summed E-state index contributed by atoms with van der Waals surface area (Å²) in [5.41, 5.74) is 0.442. The van der Waals surface area contributed by atoms with Gasteiger partial charge in [0, 0.05) is 30.9 Å². The van der Waals surface area contributed by atoms with Crippen LogP contribution in [0.15, 0.2) is 24.3 Å². The number of hydrogen-bond donors (Lipinski definition) is 1. The van der Waals surface area contributed by atoms with Gasteiger partial charge >= 0.3 is 0 Å². The molecule has 0 atom stereocenters. The Labute approximate surface area is 122 Å². The predicted octanol–water partition coefficient (Wildman–Crippen LogP) is 3.65. The highest BCUT2D eigenvalue weighted by Crippen LogP contribution is 2.21. The first kappa shape index (κ1) is 15.2. The van der Waals surface area contributed by atoms with Crippen LogP contribution in [0.1, 0.15) is 19.7 Å². The molecule has 0 spiro atoms. The molecule has 0 aliphatic carbocycles. The van der Waals surface area contributed by atoms with Gasteiger partial charge in [-0.3, -0.25) is 0 Å². The highest BCUT2D eigenvalue weighted by Gasteiger charge is 2.08. The number of aryl methyl sites for hydroxylation is 1. The van der Waals surface area contributed by atoms with Crippen LogP contribution in [-0.2, 0) is 0 Å². The van der Waals surface area contributed by atoms with Gasteiger partial charge in [0.05, 0.1) is 0 Å². The topological polar surface area (TPSA) is 41.0 Å². The van der Waals surface area contributed by atoms with Crippen molar-refractivity contribution in [3.05, 3.63) is 41.7 Å². The summed E-state index contributed by atoms with van der Waals surface area (Å²) in [7, 11) is 0. The lowest BCUT2D eigenvalue weighted by molar-refractivity contribution is 0.509. The molecule has 0 radical (unpaired) electrons. The molecule has 1 aromatic heterocycles. The molecular formula is C15H18F2N4. The van der Waals surface area contributed by atoms with E-state index in [1.54, 1.807) is 13.0 Å². The quantitative estimate of drug-likeness (QED) is 0.913. The Morgan fingerprint density at radius 1 is 1.05 bits per heavy atom. The minimum atomic E-state index is -0.894. The van der Waals surface area contributed by atoms with Crippen molar-refractivity contribution in [3.8, 4) is 0 Å². The third-order valence-corrected chi connectivity index (χ3v) is 3.10. The zero-order chi connectivity index (χ0) is 15.4. The largest absolute Gasteiger partial charge is 0.357 e. The van der Waals surface area contributed by atoms with E-state index >= 15 is 0 Å². The molecule has 0 saturated carbocycles. The Balaban J connectivity index is 2.29. The second-order valence-electron chi connectivity index (χ2n) is 4.58. The maximum Gasteiger partial charge on any atom is 0.160 e. The Hall–Kier alpha value is -2.24. The van der Waals surface area contributed by atoms with Crippen LogP contribution in [0.25, 0.3) is 0 Å². The molecule has 112 valence electrons. The van der Waals surface area contributed by atoms with Crippen LogP contribution in [0.4, 0.5) is 26.1 Å². The average Bonchev–Trinajstić information content (AvgIpc) is 2.44. The molecule has 0 unspecified atom stereocenters. The molecule has 1 heterocycles. The Morgan fingerprint density at radius 3 is 2.38 bits per heavy atom. The molecule has 0 aliphatic rings. The van der Waals surface area contributed by atoms with Crippen LogP contribution in [0.3, 0.4) is 0 Å². The minimum Gasteiger partial charge on any atom is -0.357 e. The predicted molar refractivity (Wildman–Crippen MR) is 80.0 cm³/mol. The zero-order valence-electron chi connectivity index (χ0n) is 12.3. The van der Waals surface area contributed by atoms with Crippen LogP contribution < -0.4 is 10.2 Å².